The molecule has 4 aliphatic heterocycles. The van der Waals surface area contributed by atoms with Crippen LogP contribution in [0.3, 0.4) is 0 Å². The fraction of sp³-hybridized carbons (Fsp3) is 0.557. The number of nitrogens with two attached hydrogens (primary N) is 1. The highest BCUT2D eigenvalue weighted by atomic mass is 32.1. The number of hydrogen-bond donors (Lipinski definition) is 14. The summed E-state index contributed by atoms with van der Waals surface area (Å²) >= 11 is 1.35. The van der Waals surface area contributed by atoms with Gasteiger partial charge in [-0.3, -0.25) is 38.5 Å². The Kier molecular flexibility index (Phi) is 21.5. The highest BCUT2D eigenvalue weighted by Gasteiger charge is 2.50. The molecule has 7 amide bonds. The molecule has 13 atom stereocenters. The van der Waals surface area contributed by atoms with Crippen molar-refractivity contribution in [1.29, 1.82) is 0 Å². The number of carbonyl (C=O) groups excluding carboxylic acids is 7. The van der Waals surface area contributed by atoms with E-state index in [1.165, 1.54) is 62.1 Å². The predicted molar refractivity (Wildman–Crippen MR) is 324 cm³/mol. The van der Waals surface area contributed by atoms with Gasteiger partial charge < -0.3 is 87.9 Å². The summed E-state index contributed by atoms with van der Waals surface area (Å²) in [4.78, 5) is 108. The van der Waals surface area contributed by atoms with Crippen LogP contribution < -0.4 is 37.2 Å². The van der Waals surface area contributed by atoms with Crippen LogP contribution in [-0.2, 0) is 35.2 Å². The van der Waals surface area contributed by atoms with E-state index in [-0.39, 0.29) is 30.6 Å². The van der Waals surface area contributed by atoms with Crippen LogP contribution in [0.2, 0.25) is 0 Å². The van der Waals surface area contributed by atoms with Crippen LogP contribution in [0.25, 0.3) is 21.1 Å². The predicted octanol–water partition coefficient (Wildman–Crippen LogP) is -1.72. The molecule has 9 rings (SSSR count). The van der Waals surface area contributed by atoms with Crippen molar-refractivity contribution in [3.63, 3.8) is 0 Å². The first-order valence-corrected chi connectivity index (χ1v) is 31.2. The third kappa shape index (κ3) is 15.6. The number of aliphatic hydroxyl groups is 6. The van der Waals surface area contributed by atoms with Gasteiger partial charge >= 0.3 is 0 Å². The van der Waals surface area contributed by atoms with Crippen molar-refractivity contribution < 1.29 is 74.4 Å². The Morgan fingerprint density at radius 1 is 0.697 bits per heavy atom. The lowest BCUT2D eigenvalue weighted by Crippen LogP contribution is -2.64. The van der Waals surface area contributed by atoms with E-state index in [4.69, 9.17) is 5.73 Å². The summed E-state index contributed by atoms with van der Waals surface area (Å²) in [6.45, 7) is 7.32. The van der Waals surface area contributed by atoms with Crippen LogP contribution >= 0.6 is 11.3 Å². The van der Waals surface area contributed by atoms with Crippen LogP contribution in [0.15, 0.2) is 66.7 Å². The third-order valence-electron chi connectivity index (χ3n) is 17.8. The number of carbonyl (C=O) groups is 7. The number of nitrogens with one attached hydrogen (secondary N) is 5. The molecule has 15 N–H and O–H groups in total. The SMILES string of the molecule is CC1CCC(N2CCN(c3ccc(-c4nnc(-c5ccc(C(=O)N[C@H]6C[C@H](O)CNC(=O)[C@@H]7[C@@H](O)[C@H](C)CN7C(=O)[C@H]([C@H](O)CCN)NC(=O)[C@H]([C@H](O)Cc7ccc(O)c(O)c7)NC(=O)[C@@H]7C[C@H](O)CN7C(=O)[C@H]([C@H](C)O)NC6=O)cc5)s4)cc3)CC2)CC1. The summed E-state index contributed by atoms with van der Waals surface area (Å²) in [6.07, 6.45) is -6.81. The highest BCUT2D eigenvalue weighted by molar-refractivity contribution is 7.17. The molecule has 5 aliphatic rings. The third-order valence-corrected chi connectivity index (χ3v) is 18.8. The average molecular weight is 1260 g/mol. The summed E-state index contributed by atoms with van der Waals surface area (Å²) in [5, 5.41) is 111. The van der Waals surface area contributed by atoms with E-state index in [2.05, 4.69) is 65.6 Å². The molecule has 5 fully saturated rings. The number of nitrogens with zero attached hydrogens (tertiary/aromatic N) is 6. The molecule has 27 nitrogen and oxygen atoms in total. The maximum Gasteiger partial charge on any atom is 0.251 e. The molecule has 3 aromatic carbocycles. The number of amides is 7. The quantitative estimate of drug-likeness (QED) is 0.0662. The van der Waals surface area contributed by atoms with Gasteiger partial charge in [0.05, 0.1) is 36.6 Å². The van der Waals surface area contributed by atoms with Gasteiger partial charge in [-0.25, -0.2) is 0 Å². The van der Waals surface area contributed by atoms with E-state index in [0.717, 1.165) is 72.2 Å². The number of aromatic nitrogens is 2. The summed E-state index contributed by atoms with van der Waals surface area (Å²) in [5.41, 5.74) is 8.61. The maximum atomic E-state index is 14.6. The first-order valence-electron chi connectivity index (χ1n) is 30.4. The van der Waals surface area contributed by atoms with Crippen molar-refractivity contribution in [2.24, 2.45) is 17.6 Å². The Labute approximate surface area is 518 Å². The van der Waals surface area contributed by atoms with Gasteiger partial charge in [-0.15, -0.1) is 10.2 Å². The second-order valence-corrected chi connectivity index (χ2v) is 25.3. The largest absolute Gasteiger partial charge is 0.504 e. The smallest absolute Gasteiger partial charge is 0.251 e. The van der Waals surface area contributed by atoms with Crippen molar-refractivity contribution >= 4 is 58.4 Å². The van der Waals surface area contributed by atoms with E-state index < -0.39 is 164 Å². The highest BCUT2D eigenvalue weighted by Crippen LogP contribution is 2.34. The molecule has 1 aliphatic carbocycles. The minimum Gasteiger partial charge on any atom is -0.504 e. The van der Waals surface area contributed by atoms with Crippen LogP contribution in [0.5, 0.6) is 11.5 Å². The summed E-state index contributed by atoms with van der Waals surface area (Å²) < 4.78 is 0. The number of aliphatic hydroxyl groups excluding tert-OH is 6. The van der Waals surface area contributed by atoms with E-state index in [0.29, 0.717) is 21.6 Å². The van der Waals surface area contributed by atoms with E-state index in [1.54, 1.807) is 12.1 Å². The van der Waals surface area contributed by atoms with Gasteiger partial charge in [-0.2, -0.15) is 0 Å². The number of benzene rings is 3. The second-order valence-electron chi connectivity index (χ2n) is 24.4. The molecule has 482 valence electrons. The van der Waals surface area contributed by atoms with Gasteiger partial charge in [0, 0.05) is 99.4 Å². The van der Waals surface area contributed by atoms with E-state index in [1.807, 2.05) is 12.1 Å². The molecule has 0 spiro atoms. The average Bonchev–Trinajstić information content (AvgIpc) is 2.78. The van der Waals surface area contributed by atoms with Gasteiger partial charge in [0.1, 0.15) is 46.3 Å². The summed E-state index contributed by atoms with van der Waals surface area (Å²) in [6, 6.07) is 7.68. The monoisotopic (exact) mass is 1250 g/mol. The molecule has 0 unspecified atom stereocenters. The van der Waals surface area contributed by atoms with Gasteiger partial charge in [0.25, 0.3) is 5.91 Å². The minimum absolute atomic E-state index is 0.0471. The first-order chi connectivity index (χ1) is 42.5. The van der Waals surface area contributed by atoms with Crippen molar-refractivity contribution in [1.82, 2.24) is 51.5 Å². The van der Waals surface area contributed by atoms with Crippen molar-refractivity contribution in [2.75, 3.05) is 57.3 Å². The molecule has 89 heavy (non-hydrogen) atoms. The lowest BCUT2D eigenvalue weighted by Gasteiger charge is -2.42. The zero-order chi connectivity index (χ0) is 64.0. The van der Waals surface area contributed by atoms with E-state index >= 15 is 0 Å². The fourth-order valence-corrected chi connectivity index (χ4v) is 13.4. The van der Waals surface area contributed by atoms with Crippen LogP contribution in [0, 0.1) is 11.8 Å². The molecule has 1 aromatic heterocycles. The molecule has 5 heterocycles. The molecule has 4 aromatic rings. The number of hydrogen-bond acceptors (Lipinski definition) is 21. The topological polar surface area (TPSA) is 406 Å². The molecular formula is C61H82N12O15S. The Morgan fingerprint density at radius 3 is 1.94 bits per heavy atom. The Bertz CT molecular complexity index is 3160. The zero-order valence-corrected chi connectivity index (χ0v) is 50.7. The standard InChI is InChI=1S/C61H82N12O15S/c1-31-4-13-38(14-5-31)70-20-22-71(23-21-70)39-15-11-37(12-16-39)59-69-68-58(89-59)36-9-7-35(8-10-36)53(82)64-42-26-40(75)28-63-57(86)51-52(81)32(2)29-73(51)61(88)50(45(78)18-19-62)67-56(85)49(47(80)25-34-6-17-44(77)46(79)24-34)66-55(84)43-27-41(76)30-72(43)60(87)48(33(3)74)65-54(42)83/h6-12,15-17,24,31-33,38,40-43,45,47-52,74-81H,4-5,13-14,18-23,25-30,62H2,1-3H3,(H,63,86)(H,64,82)(H,65,83)(H,66,84)(H,67,85)/t31?,32-,33+,38?,40+,41+,42+,43+,45-,47-,48+,49+,50+,51+,52+/m1/s1. The lowest BCUT2D eigenvalue weighted by molar-refractivity contribution is -0.147. The van der Waals surface area contributed by atoms with Crippen molar-refractivity contribution in [3.8, 4) is 32.6 Å². The minimum atomic E-state index is -2.06. The Morgan fingerprint density at radius 2 is 1.31 bits per heavy atom. The number of anilines is 1. The molecule has 0 bridgehead atoms. The maximum absolute atomic E-state index is 14.6. The summed E-state index contributed by atoms with van der Waals surface area (Å²) in [5.74, 6) is -8.66. The summed E-state index contributed by atoms with van der Waals surface area (Å²) in [7, 11) is 0. The van der Waals surface area contributed by atoms with Gasteiger partial charge in [-0.1, -0.05) is 43.4 Å². The Hall–Kier alpha value is -7.41. The number of β-amino-alcohol motifs (C(OH)–C–C–N with tert-alkyl or cyclic N) is 1. The molecule has 4 saturated heterocycles. The number of phenolic OH excluding ortho intramolecular Hbond substituents is 2. The molecule has 28 heteroatoms. The number of aromatic hydroxyl groups is 2. The van der Waals surface area contributed by atoms with Gasteiger partial charge in [-0.05, 0) is 106 Å². The number of phenols is 2. The molecule has 1 saturated carbocycles. The fourth-order valence-electron chi connectivity index (χ4n) is 12.5. The molecule has 0 radical (unpaired) electrons. The zero-order valence-electron chi connectivity index (χ0n) is 49.9. The lowest BCUT2D eigenvalue weighted by atomic mass is 9.86. The second kappa shape index (κ2) is 29.0. The number of piperazine rings is 1. The Balaban J connectivity index is 0.945. The van der Waals surface area contributed by atoms with Gasteiger partial charge in [0.2, 0.25) is 35.4 Å². The van der Waals surface area contributed by atoms with Gasteiger partial charge in [0.15, 0.2) is 11.5 Å². The normalized spacial score (nSPS) is 29.2. The number of fused-ring (bicyclic) bond motifs is 2. The van der Waals surface area contributed by atoms with Crippen LogP contribution in [-0.4, -0.2) is 238 Å². The van der Waals surface area contributed by atoms with E-state index in [9.17, 15) is 74.4 Å². The molecular weight excluding hydrogens is 1170 g/mol. The first kappa shape index (κ1) is 66.0. The van der Waals surface area contributed by atoms with Crippen LogP contribution in [0.1, 0.15) is 81.6 Å². The number of rotatable bonds is 13. The van der Waals surface area contributed by atoms with Crippen LogP contribution in [0.4, 0.5) is 5.69 Å². The van der Waals surface area contributed by atoms with Crippen molar-refractivity contribution in [3.05, 3.63) is 77.9 Å². The van der Waals surface area contributed by atoms with Crippen molar-refractivity contribution in [2.45, 2.75) is 151 Å².